The third-order valence-electron chi connectivity index (χ3n) is 10.6. The van der Waals surface area contributed by atoms with Gasteiger partial charge in [0.05, 0.1) is 11.0 Å². The van der Waals surface area contributed by atoms with Crippen LogP contribution >= 0.6 is 0 Å². The Bertz CT molecular complexity index is 3230. The normalized spacial score (nSPS) is 11.6. The third-order valence-corrected chi connectivity index (χ3v) is 10.6. The molecule has 0 aliphatic rings. The Labute approximate surface area is 322 Å². The summed E-state index contributed by atoms with van der Waals surface area (Å²) >= 11 is 0. The smallest absolute Gasteiger partial charge is 0.164 e. The molecule has 0 aliphatic carbocycles. The standard InChI is InChI=1S/C51H32N4O/c1-5-15-33(16-6-1)38-31-41(34-17-7-2-8-18-34)48-44(32-38)43-30-37(26-28-47(43)56-48)51-53-49(35-19-9-3-10-20-35)52-50(54-51)36-25-27-46-42(29-36)40-23-13-14-24-45(40)55(46)39-21-11-4-12-22-39/h1-32H. The average Bonchev–Trinajstić information content (AvgIpc) is 3.82. The topological polar surface area (TPSA) is 56.7 Å². The zero-order chi connectivity index (χ0) is 37.0. The molecule has 0 amide bonds. The Morgan fingerprint density at radius 2 is 0.857 bits per heavy atom. The van der Waals surface area contributed by atoms with Gasteiger partial charge in [-0.2, -0.15) is 0 Å². The molecular weight excluding hydrogens is 685 g/mol. The van der Waals surface area contributed by atoms with E-state index in [2.05, 4.69) is 150 Å². The first-order valence-electron chi connectivity index (χ1n) is 18.8. The van der Waals surface area contributed by atoms with Gasteiger partial charge >= 0.3 is 0 Å². The van der Waals surface area contributed by atoms with Crippen LogP contribution in [0.5, 0.6) is 0 Å². The van der Waals surface area contributed by atoms with E-state index in [0.717, 1.165) is 83.0 Å². The van der Waals surface area contributed by atoms with Crippen molar-refractivity contribution in [2.45, 2.75) is 0 Å². The highest BCUT2D eigenvalue weighted by Gasteiger charge is 2.19. The highest BCUT2D eigenvalue weighted by atomic mass is 16.3. The molecule has 0 saturated heterocycles. The molecule has 0 bridgehead atoms. The minimum atomic E-state index is 0.597. The fraction of sp³-hybridized carbons (Fsp3) is 0. The Morgan fingerprint density at radius 3 is 1.55 bits per heavy atom. The first kappa shape index (κ1) is 31.9. The number of hydrogen-bond acceptors (Lipinski definition) is 4. The van der Waals surface area contributed by atoms with Gasteiger partial charge in [-0.3, -0.25) is 0 Å². The summed E-state index contributed by atoms with van der Waals surface area (Å²) in [6, 6.07) is 67.4. The van der Waals surface area contributed by atoms with E-state index in [1.807, 2.05) is 48.5 Å². The predicted molar refractivity (Wildman–Crippen MR) is 229 cm³/mol. The van der Waals surface area contributed by atoms with Crippen molar-refractivity contribution < 1.29 is 4.42 Å². The maximum atomic E-state index is 6.66. The molecule has 8 aromatic carbocycles. The second kappa shape index (κ2) is 13.0. The summed E-state index contributed by atoms with van der Waals surface area (Å²) in [5.41, 5.74) is 12.2. The van der Waals surface area contributed by atoms with Crippen molar-refractivity contribution in [3.8, 4) is 62.1 Å². The van der Waals surface area contributed by atoms with E-state index >= 15 is 0 Å². The molecule has 0 atom stereocenters. The van der Waals surface area contributed by atoms with Crippen molar-refractivity contribution in [3.05, 3.63) is 194 Å². The average molecular weight is 717 g/mol. The quantitative estimate of drug-likeness (QED) is 0.172. The number of para-hydroxylation sites is 2. The number of aromatic nitrogens is 4. The summed E-state index contributed by atoms with van der Waals surface area (Å²) in [5.74, 6) is 1.83. The van der Waals surface area contributed by atoms with Gasteiger partial charge in [0.2, 0.25) is 0 Å². The number of fused-ring (bicyclic) bond motifs is 6. The van der Waals surface area contributed by atoms with Gasteiger partial charge in [-0.15, -0.1) is 0 Å². The fourth-order valence-electron chi connectivity index (χ4n) is 7.96. The van der Waals surface area contributed by atoms with Crippen molar-refractivity contribution in [1.82, 2.24) is 19.5 Å². The largest absolute Gasteiger partial charge is 0.455 e. The first-order chi connectivity index (χ1) is 27.7. The van der Waals surface area contributed by atoms with E-state index in [4.69, 9.17) is 19.4 Å². The maximum absolute atomic E-state index is 6.66. The lowest BCUT2D eigenvalue weighted by molar-refractivity contribution is 0.670. The predicted octanol–water partition coefficient (Wildman–Crippen LogP) is 13.2. The summed E-state index contributed by atoms with van der Waals surface area (Å²) in [6.07, 6.45) is 0. The molecule has 0 fully saturated rings. The van der Waals surface area contributed by atoms with Crippen LogP contribution in [0.15, 0.2) is 199 Å². The zero-order valence-corrected chi connectivity index (χ0v) is 30.2. The molecule has 11 rings (SSSR count). The minimum absolute atomic E-state index is 0.597. The lowest BCUT2D eigenvalue weighted by Crippen LogP contribution is -2.00. The van der Waals surface area contributed by atoms with Crippen LogP contribution in [0.3, 0.4) is 0 Å². The maximum Gasteiger partial charge on any atom is 0.164 e. The van der Waals surface area contributed by atoms with Gasteiger partial charge in [-0.05, 0) is 83.4 Å². The van der Waals surface area contributed by atoms with Crippen LogP contribution in [0.2, 0.25) is 0 Å². The van der Waals surface area contributed by atoms with Crippen molar-refractivity contribution in [2.24, 2.45) is 0 Å². The number of nitrogens with zero attached hydrogens (tertiary/aromatic N) is 4. The molecule has 3 aromatic heterocycles. The monoisotopic (exact) mass is 716 g/mol. The Balaban J connectivity index is 1.11. The number of hydrogen-bond donors (Lipinski definition) is 0. The van der Waals surface area contributed by atoms with E-state index in [1.165, 1.54) is 5.39 Å². The van der Waals surface area contributed by atoms with E-state index in [9.17, 15) is 0 Å². The molecular formula is C51H32N4O. The number of furan rings is 1. The van der Waals surface area contributed by atoms with Crippen LogP contribution in [0.25, 0.3) is 106 Å². The van der Waals surface area contributed by atoms with E-state index in [1.54, 1.807) is 0 Å². The second-order valence-corrected chi connectivity index (χ2v) is 14.0. The van der Waals surface area contributed by atoms with E-state index in [0.29, 0.717) is 17.5 Å². The summed E-state index contributed by atoms with van der Waals surface area (Å²) in [7, 11) is 0. The fourth-order valence-corrected chi connectivity index (χ4v) is 7.96. The Kier molecular flexibility index (Phi) is 7.42. The van der Waals surface area contributed by atoms with Crippen LogP contribution in [0.4, 0.5) is 0 Å². The highest BCUT2D eigenvalue weighted by molar-refractivity contribution is 6.12. The molecule has 3 heterocycles. The van der Waals surface area contributed by atoms with Crippen LogP contribution in [-0.4, -0.2) is 19.5 Å². The lowest BCUT2D eigenvalue weighted by atomic mass is 9.95. The molecule has 262 valence electrons. The lowest BCUT2D eigenvalue weighted by Gasteiger charge is -2.10. The van der Waals surface area contributed by atoms with Crippen molar-refractivity contribution >= 4 is 43.7 Å². The van der Waals surface area contributed by atoms with Gasteiger partial charge in [-0.1, -0.05) is 127 Å². The molecule has 0 radical (unpaired) electrons. The van der Waals surface area contributed by atoms with Gasteiger partial charge in [-0.25, -0.2) is 15.0 Å². The van der Waals surface area contributed by atoms with Crippen molar-refractivity contribution in [2.75, 3.05) is 0 Å². The SMILES string of the molecule is c1ccc(-c2cc(-c3ccccc3)c3oc4ccc(-c5nc(-c6ccccc6)nc(-c6ccc7c(c6)c6ccccc6n7-c6ccccc6)n5)cc4c3c2)cc1. The summed E-state index contributed by atoms with van der Waals surface area (Å²) in [6.45, 7) is 0. The molecule has 11 aromatic rings. The summed E-state index contributed by atoms with van der Waals surface area (Å²) in [4.78, 5) is 15.4. The number of rotatable bonds is 6. The Morgan fingerprint density at radius 1 is 0.339 bits per heavy atom. The van der Waals surface area contributed by atoms with Gasteiger partial charge in [0.15, 0.2) is 17.5 Å². The Hall–Kier alpha value is -7.63. The third kappa shape index (κ3) is 5.37. The van der Waals surface area contributed by atoms with Gasteiger partial charge < -0.3 is 8.98 Å². The second-order valence-electron chi connectivity index (χ2n) is 14.0. The van der Waals surface area contributed by atoms with Crippen LogP contribution in [0.1, 0.15) is 0 Å². The first-order valence-corrected chi connectivity index (χ1v) is 18.8. The van der Waals surface area contributed by atoms with Crippen molar-refractivity contribution in [3.63, 3.8) is 0 Å². The van der Waals surface area contributed by atoms with Crippen molar-refractivity contribution in [1.29, 1.82) is 0 Å². The summed E-state index contributed by atoms with van der Waals surface area (Å²) in [5, 5.41) is 4.36. The summed E-state index contributed by atoms with van der Waals surface area (Å²) < 4.78 is 8.98. The highest BCUT2D eigenvalue weighted by Crippen LogP contribution is 2.41. The molecule has 5 nitrogen and oxygen atoms in total. The van der Waals surface area contributed by atoms with Crippen LogP contribution < -0.4 is 0 Å². The molecule has 0 N–H and O–H groups in total. The van der Waals surface area contributed by atoms with E-state index in [-0.39, 0.29) is 0 Å². The van der Waals surface area contributed by atoms with Crippen LogP contribution in [-0.2, 0) is 0 Å². The van der Waals surface area contributed by atoms with Gasteiger partial charge in [0.25, 0.3) is 0 Å². The molecule has 0 unspecified atom stereocenters. The molecule has 0 aliphatic heterocycles. The molecule has 0 spiro atoms. The molecule has 56 heavy (non-hydrogen) atoms. The van der Waals surface area contributed by atoms with Crippen LogP contribution in [0, 0.1) is 0 Å². The number of benzene rings is 8. The molecule has 0 saturated carbocycles. The minimum Gasteiger partial charge on any atom is -0.455 e. The van der Waals surface area contributed by atoms with Gasteiger partial charge in [0, 0.05) is 49.5 Å². The molecule has 5 heteroatoms. The van der Waals surface area contributed by atoms with Gasteiger partial charge in [0.1, 0.15) is 11.2 Å². The zero-order valence-electron chi connectivity index (χ0n) is 30.2. The van der Waals surface area contributed by atoms with E-state index < -0.39 is 0 Å².